The van der Waals surface area contributed by atoms with Crippen LogP contribution in [0.4, 0.5) is 0 Å². The largest absolute Gasteiger partial charge is 0.348 e. The Bertz CT molecular complexity index is 735. The zero-order chi connectivity index (χ0) is 15.5. The van der Waals surface area contributed by atoms with Crippen LogP contribution in [0.25, 0.3) is 0 Å². The molecule has 0 fully saturated rings. The molecule has 0 aliphatic heterocycles. The van der Waals surface area contributed by atoms with Crippen molar-refractivity contribution in [2.24, 2.45) is 0 Å². The van der Waals surface area contributed by atoms with E-state index in [1.165, 1.54) is 24.3 Å². The predicted molar refractivity (Wildman–Crippen MR) is 79.7 cm³/mol. The van der Waals surface area contributed by atoms with E-state index in [4.69, 9.17) is 0 Å². The Balaban J connectivity index is 2.02. The molecule has 110 valence electrons. The van der Waals surface area contributed by atoms with Crippen molar-refractivity contribution in [2.75, 3.05) is 6.26 Å². The first-order valence-electron chi connectivity index (χ1n) is 6.36. The third-order valence-corrected chi connectivity index (χ3v) is 4.10. The quantitative estimate of drug-likeness (QED) is 0.933. The van der Waals surface area contributed by atoms with E-state index in [2.05, 4.69) is 10.3 Å². The number of rotatable bonds is 4. The minimum atomic E-state index is -3.24. The topological polar surface area (TPSA) is 76.1 Å². The van der Waals surface area contributed by atoms with E-state index in [0.29, 0.717) is 12.1 Å². The summed E-state index contributed by atoms with van der Waals surface area (Å²) in [7, 11) is -3.24. The van der Waals surface area contributed by atoms with Crippen molar-refractivity contribution < 1.29 is 13.2 Å². The van der Waals surface area contributed by atoms with E-state index in [1.807, 2.05) is 19.1 Å². The number of hydrogen-bond donors (Lipinski definition) is 1. The Labute approximate surface area is 124 Å². The molecule has 0 saturated heterocycles. The molecule has 6 heteroatoms. The zero-order valence-electron chi connectivity index (χ0n) is 11.8. The maximum Gasteiger partial charge on any atom is 0.251 e. The molecular formula is C15H16N2O3S. The van der Waals surface area contributed by atoms with Gasteiger partial charge in [-0.15, -0.1) is 0 Å². The molecule has 0 radical (unpaired) electrons. The smallest absolute Gasteiger partial charge is 0.251 e. The van der Waals surface area contributed by atoms with Crippen molar-refractivity contribution in [3.8, 4) is 0 Å². The third kappa shape index (κ3) is 4.13. The number of hydrogen-bond acceptors (Lipinski definition) is 4. The molecule has 1 heterocycles. The Morgan fingerprint density at radius 2 is 1.81 bits per heavy atom. The second-order valence-electron chi connectivity index (χ2n) is 4.79. The van der Waals surface area contributed by atoms with E-state index in [0.717, 1.165) is 17.5 Å². The molecule has 0 saturated carbocycles. The molecule has 0 bridgehead atoms. The Kier molecular flexibility index (Phi) is 4.37. The van der Waals surface area contributed by atoms with Crippen LogP contribution in [0.2, 0.25) is 0 Å². The van der Waals surface area contributed by atoms with Gasteiger partial charge in [-0.2, -0.15) is 0 Å². The molecule has 0 aliphatic rings. The van der Waals surface area contributed by atoms with Gasteiger partial charge in [0, 0.05) is 30.3 Å². The summed E-state index contributed by atoms with van der Waals surface area (Å²) < 4.78 is 22.7. The zero-order valence-corrected chi connectivity index (χ0v) is 12.6. The van der Waals surface area contributed by atoms with Crippen LogP contribution in [0.15, 0.2) is 47.5 Å². The number of amides is 1. The lowest BCUT2D eigenvalue weighted by atomic mass is 10.2. The van der Waals surface area contributed by atoms with Gasteiger partial charge in [0.2, 0.25) is 0 Å². The molecule has 0 atom stereocenters. The van der Waals surface area contributed by atoms with Gasteiger partial charge in [0.1, 0.15) is 0 Å². The third-order valence-electron chi connectivity index (χ3n) is 2.97. The highest BCUT2D eigenvalue weighted by atomic mass is 32.2. The van der Waals surface area contributed by atoms with Crippen LogP contribution < -0.4 is 5.32 Å². The van der Waals surface area contributed by atoms with Gasteiger partial charge < -0.3 is 5.32 Å². The van der Waals surface area contributed by atoms with Gasteiger partial charge in [0.05, 0.1) is 4.90 Å². The number of benzene rings is 1. The first-order chi connectivity index (χ1) is 9.86. The van der Waals surface area contributed by atoms with Crippen LogP contribution in [0, 0.1) is 6.92 Å². The van der Waals surface area contributed by atoms with Gasteiger partial charge in [0.15, 0.2) is 9.84 Å². The summed E-state index contributed by atoms with van der Waals surface area (Å²) in [5.74, 6) is -0.254. The Morgan fingerprint density at radius 1 is 1.14 bits per heavy atom. The average Bonchev–Trinajstić information content (AvgIpc) is 2.45. The fourth-order valence-corrected chi connectivity index (χ4v) is 2.37. The molecule has 0 aliphatic carbocycles. The van der Waals surface area contributed by atoms with Gasteiger partial charge in [0.25, 0.3) is 5.91 Å². The van der Waals surface area contributed by atoms with Crippen LogP contribution in [0.3, 0.4) is 0 Å². The molecular weight excluding hydrogens is 288 g/mol. The summed E-state index contributed by atoms with van der Waals surface area (Å²) in [4.78, 5) is 16.3. The van der Waals surface area contributed by atoms with Gasteiger partial charge in [-0.3, -0.25) is 9.78 Å². The van der Waals surface area contributed by atoms with Crippen molar-refractivity contribution in [1.29, 1.82) is 0 Å². The molecule has 0 unspecified atom stereocenters. The number of pyridine rings is 1. The Hall–Kier alpha value is -2.21. The number of carbonyl (C=O) groups is 1. The van der Waals surface area contributed by atoms with Gasteiger partial charge in [-0.05, 0) is 42.8 Å². The normalized spacial score (nSPS) is 11.1. The summed E-state index contributed by atoms with van der Waals surface area (Å²) in [6.45, 7) is 2.27. The van der Waals surface area contributed by atoms with Crippen LogP contribution in [0.1, 0.15) is 21.6 Å². The molecule has 1 aromatic heterocycles. The molecule has 1 N–H and O–H groups in total. The minimum absolute atomic E-state index is 0.196. The second-order valence-corrected chi connectivity index (χ2v) is 6.80. The highest BCUT2D eigenvalue weighted by molar-refractivity contribution is 7.90. The van der Waals surface area contributed by atoms with Crippen molar-refractivity contribution in [3.63, 3.8) is 0 Å². The number of aromatic nitrogens is 1. The lowest BCUT2D eigenvalue weighted by Crippen LogP contribution is -2.22. The summed E-state index contributed by atoms with van der Waals surface area (Å²) in [6.07, 6.45) is 2.84. The number of aryl methyl sites for hydroxylation is 1. The van der Waals surface area contributed by atoms with Gasteiger partial charge in [-0.1, -0.05) is 6.07 Å². The summed E-state index contributed by atoms with van der Waals surface area (Å²) in [6, 6.07) is 9.63. The molecule has 1 aromatic carbocycles. The molecule has 5 nitrogen and oxygen atoms in total. The summed E-state index contributed by atoms with van der Waals surface area (Å²) >= 11 is 0. The van der Waals surface area contributed by atoms with Gasteiger partial charge in [-0.25, -0.2) is 8.42 Å². The summed E-state index contributed by atoms with van der Waals surface area (Å²) in [5.41, 5.74) is 2.24. The number of sulfone groups is 1. The Morgan fingerprint density at radius 3 is 2.33 bits per heavy atom. The lowest BCUT2D eigenvalue weighted by Gasteiger charge is -2.06. The van der Waals surface area contributed by atoms with Crippen LogP contribution in [-0.2, 0) is 16.4 Å². The van der Waals surface area contributed by atoms with E-state index in [1.54, 1.807) is 6.20 Å². The van der Waals surface area contributed by atoms with Crippen LogP contribution >= 0.6 is 0 Å². The fourth-order valence-electron chi connectivity index (χ4n) is 1.74. The average molecular weight is 304 g/mol. The van der Waals surface area contributed by atoms with E-state index in [-0.39, 0.29) is 10.8 Å². The van der Waals surface area contributed by atoms with E-state index >= 15 is 0 Å². The molecule has 0 spiro atoms. The standard InChI is InChI=1S/C15H16N2O3S/c1-11-3-4-12(9-16-11)10-17-15(18)13-5-7-14(8-6-13)21(2,19)20/h3-9H,10H2,1-2H3,(H,17,18). The SMILES string of the molecule is Cc1ccc(CNC(=O)c2ccc(S(C)(=O)=O)cc2)cn1. The second kappa shape index (κ2) is 6.05. The highest BCUT2D eigenvalue weighted by Crippen LogP contribution is 2.10. The first kappa shape index (κ1) is 15.2. The number of nitrogens with zero attached hydrogens (tertiary/aromatic N) is 1. The lowest BCUT2D eigenvalue weighted by molar-refractivity contribution is 0.0951. The number of nitrogens with one attached hydrogen (secondary N) is 1. The van der Waals surface area contributed by atoms with Crippen molar-refractivity contribution in [2.45, 2.75) is 18.4 Å². The van der Waals surface area contributed by atoms with E-state index in [9.17, 15) is 13.2 Å². The van der Waals surface area contributed by atoms with Crippen LogP contribution in [0.5, 0.6) is 0 Å². The van der Waals surface area contributed by atoms with Crippen molar-refractivity contribution >= 4 is 15.7 Å². The maximum absolute atomic E-state index is 12.0. The fraction of sp³-hybridized carbons (Fsp3) is 0.200. The minimum Gasteiger partial charge on any atom is -0.348 e. The van der Waals surface area contributed by atoms with Crippen LogP contribution in [-0.4, -0.2) is 25.6 Å². The number of carbonyl (C=O) groups excluding carboxylic acids is 1. The monoisotopic (exact) mass is 304 g/mol. The van der Waals surface area contributed by atoms with Crippen molar-refractivity contribution in [1.82, 2.24) is 10.3 Å². The van der Waals surface area contributed by atoms with E-state index < -0.39 is 9.84 Å². The molecule has 2 aromatic rings. The maximum atomic E-state index is 12.0. The summed E-state index contributed by atoms with van der Waals surface area (Å²) in [5, 5.41) is 2.76. The van der Waals surface area contributed by atoms with Gasteiger partial charge >= 0.3 is 0 Å². The predicted octanol–water partition coefficient (Wildman–Crippen LogP) is 1.72. The first-order valence-corrected chi connectivity index (χ1v) is 8.25. The molecule has 21 heavy (non-hydrogen) atoms. The highest BCUT2D eigenvalue weighted by Gasteiger charge is 2.09. The molecule has 1 amide bonds. The van der Waals surface area contributed by atoms with Crippen molar-refractivity contribution in [3.05, 3.63) is 59.4 Å². The molecule has 2 rings (SSSR count).